The first-order valence-corrected chi connectivity index (χ1v) is 11.4. The van der Waals surface area contributed by atoms with E-state index in [0.717, 1.165) is 0 Å². The smallest absolute Gasteiger partial charge is 0.258 e. The average Bonchev–Trinajstić information content (AvgIpc) is 3.16. The Balaban J connectivity index is 1.42. The van der Waals surface area contributed by atoms with Crippen LogP contribution in [0.4, 0.5) is 10.1 Å². The maximum absolute atomic E-state index is 12.9. The lowest BCUT2D eigenvalue weighted by Gasteiger charge is -2.09. The van der Waals surface area contributed by atoms with Gasteiger partial charge >= 0.3 is 0 Å². The number of anilines is 1. The summed E-state index contributed by atoms with van der Waals surface area (Å²) >= 11 is 1.21. The van der Waals surface area contributed by atoms with Crippen molar-refractivity contribution in [1.82, 2.24) is 20.1 Å². The molecule has 8 nitrogen and oxygen atoms in total. The molecule has 2 aromatic carbocycles. The number of hydrogen-bond acceptors (Lipinski definition) is 6. The topological polar surface area (TPSA) is 98.1 Å². The van der Waals surface area contributed by atoms with Crippen molar-refractivity contribution in [1.29, 1.82) is 0 Å². The van der Waals surface area contributed by atoms with E-state index in [1.807, 2.05) is 24.3 Å². The molecular formula is C23H26FN5O3S. The number of hydrogen-bond donors (Lipinski definition) is 2. The summed E-state index contributed by atoms with van der Waals surface area (Å²) in [6.45, 7) is 4.30. The summed E-state index contributed by atoms with van der Waals surface area (Å²) in [6, 6.07) is 13.2. The zero-order valence-electron chi connectivity index (χ0n) is 18.7. The first-order valence-electron chi connectivity index (χ1n) is 10.4. The molecule has 10 heteroatoms. The van der Waals surface area contributed by atoms with Gasteiger partial charge in [0, 0.05) is 12.7 Å². The minimum absolute atomic E-state index is 0.107. The van der Waals surface area contributed by atoms with E-state index >= 15 is 0 Å². The van der Waals surface area contributed by atoms with E-state index in [0.29, 0.717) is 28.3 Å². The molecule has 1 heterocycles. The molecule has 2 amide bonds. The van der Waals surface area contributed by atoms with Gasteiger partial charge in [0.1, 0.15) is 11.6 Å². The Morgan fingerprint density at radius 2 is 1.76 bits per heavy atom. The average molecular weight is 472 g/mol. The fourth-order valence-corrected chi connectivity index (χ4v) is 3.54. The Morgan fingerprint density at radius 1 is 1.06 bits per heavy atom. The molecule has 0 aliphatic heterocycles. The molecule has 0 atom stereocenters. The Labute approximate surface area is 195 Å². The van der Waals surface area contributed by atoms with E-state index < -0.39 is 0 Å². The molecule has 3 rings (SSSR count). The number of benzene rings is 2. The third-order valence-electron chi connectivity index (χ3n) is 4.75. The van der Waals surface area contributed by atoms with E-state index in [9.17, 15) is 14.0 Å². The highest BCUT2D eigenvalue weighted by Crippen LogP contribution is 2.19. The van der Waals surface area contributed by atoms with E-state index in [2.05, 4.69) is 34.7 Å². The van der Waals surface area contributed by atoms with Crippen LogP contribution in [0, 0.1) is 5.82 Å². The summed E-state index contributed by atoms with van der Waals surface area (Å²) in [4.78, 5) is 24.2. The zero-order valence-corrected chi connectivity index (χ0v) is 19.5. The molecule has 0 aliphatic carbocycles. The van der Waals surface area contributed by atoms with Crippen molar-refractivity contribution in [2.24, 2.45) is 7.05 Å². The zero-order chi connectivity index (χ0) is 23.8. The van der Waals surface area contributed by atoms with Gasteiger partial charge in [0.2, 0.25) is 5.91 Å². The quantitative estimate of drug-likeness (QED) is 0.439. The summed E-state index contributed by atoms with van der Waals surface area (Å²) < 4.78 is 20.2. The van der Waals surface area contributed by atoms with Crippen LogP contribution in [0.3, 0.4) is 0 Å². The van der Waals surface area contributed by atoms with Crippen LogP contribution in [0.1, 0.15) is 31.2 Å². The molecule has 0 aliphatic rings. The summed E-state index contributed by atoms with van der Waals surface area (Å²) in [5.74, 6) is 0.826. The van der Waals surface area contributed by atoms with Gasteiger partial charge < -0.3 is 19.9 Å². The first-order chi connectivity index (χ1) is 15.8. The summed E-state index contributed by atoms with van der Waals surface area (Å²) in [5, 5.41) is 14.1. The molecule has 174 valence electrons. The van der Waals surface area contributed by atoms with Gasteiger partial charge in [0.05, 0.1) is 12.3 Å². The largest absolute Gasteiger partial charge is 0.484 e. The number of thioether (sulfide) groups is 1. The fourth-order valence-electron chi connectivity index (χ4n) is 2.81. The third-order valence-corrected chi connectivity index (χ3v) is 5.77. The minimum Gasteiger partial charge on any atom is -0.484 e. The van der Waals surface area contributed by atoms with Crippen LogP contribution in [0.15, 0.2) is 53.7 Å². The monoisotopic (exact) mass is 471 g/mol. The van der Waals surface area contributed by atoms with Gasteiger partial charge in [0.15, 0.2) is 17.6 Å². The lowest BCUT2D eigenvalue weighted by molar-refractivity contribution is -0.123. The van der Waals surface area contributed by atoms with Gasteiger partial charge in [0.25, 0.3) is 5.91 Å². The molecule has 0 saturated carbocycles. The second kappa shape index (κ2) is 11.5. The molecule has 0 bridgehead atoms. The van der Waals surface area contributed by atoms with E-state index in [-0.39, 0.29) is 36.5 Å². The van der Waals surface area contributed by atoms with Crippen molar-refractivity contribution >= 4 is 29.3 Å². The number of carbonyl (C=O) groups excluding carboxylic acids is 2. The number of amides is 2. The van der Waals surface area contributed by atoms with Crippen LogP contribution >= 0.6 is 11.8 Å². The Bertz CT molecular complexity index is 1080. The molecule has 33 heavy (non-hydrogen) atoms. The van der Waals surface area contributed by atoms with Gasteiger partial charge in [-0.1, -0.05) is 37.7 Å². The van der Waals surface area contributed by atoms with E-state index in [1.54, 1.807) is 11.6 Å². The van der Waals surface area contributed by atoms with Crippen molar-refractivity contribution in [3.05, 3.63) is 65.7 Å². The number of ether oxygens (including phenoxy) is 1. The Hall–Kier alpha value is -3.40. The number of halogens is 1. The standard InChI is InChI=1S/C23H26FN5O3S/c1-15(2)16-4-10-19(11-5-16)32-13-21(30)25-12-20-27-28-23(29(20)3)33-14-22(31)26-18-8-6-17(24)7-9-18/h4-11,15H,12-14H2,1-3H3,(H,25,30)(H,26,31). The molecule has 0 spiro atoms. The number of aromatic nitrogens is 3. The lowest BCUT2D eigenvalue weighted by Crippen LogP contribution is -2.29. The minimum atomic E-state index is -0.368. The maximum Gasteiger partial charge on any atom is 0.258 e. The number of carbonyl (C=O) groups is 2. The summed E-state index contributed by atoms with van der Waals surface area (Å²) in [6.07, 6.45) is 0. The van der Waals surface area contributed by atoms with Crippen molar-refractivity contribution in [3.8, 4) is 5.75 Å². The number of rotatable bonds is 10. The Morgan fingerprint density at radius 3 is 2.42 bits per heavy atom. The summed E-state index contributed by atoms with van der Waals surface area (Å²) in [7, 11) is 1.76. The van der Waals surface area contributed by atoms with Crippen molar-refractivity contribution < 1.29 is 18.7 Å². The predicted octanol–water partition coefficient (Wildman–Crippen LogP) is 3.50. The van der Waals surface area contributed by atoms with Gasteiger partial charge in [-0.05, 0) is 47.9 Å². The number of nitrogens with zero attached hydrogens (tertiary/aromatic N) is 3. The van der Waals surface area contributed by atoms with E-state index in [1.165, 1.54) is 41.6 Å². The second-order valence-electron chi connectivity index (χ2n) is 7.59. The van der Waals surface area contributed by atoms with Gasteiger partial charge in [-0.15, -0.1) is 10.2 Å². The van der Waals surface area contributed by atoms with Gasteiger partial charge in [-0.3, -0.25) is 9.59 Å². The lowest BCUT2D eigenvalue weighted by atomic mass is 10.0. The van der Waals surface area contributed by atoms with Gasteiger partial charge in [-0.2, -0.15) is 0 Å². The molecule has 0 fully saturated rings. The molecule has 3 aromatic rings. The highest BCUT2D eigenvalue weighted by molar-refractivity contribution is 7.99. The predicted molar refractivity (Wildman–Crippen MR) is 125 cm³/mol. The van der Waals surface area contributed by atoms with Crippen LogP contribution in [0.5, 0.6) is 5.75 Å². The SMILES string of the molecule is CC(C)c1ccc(OCC(=O)NCc2nnc(SCC(=O)Nc3ccc(F)cc3)n2C)cc1. The molecular weight excluding hydrogens is 445 g/mol. The van der Waals surface area contributed by atoms with Crippen molar-refractivity contribution in [3.63, 3.8) is 0 Å². The highest BCUT2D eigenvalue weighted by atomic mass is 32.2. The van der Waals surface area contributed by atoms with E-state index in [4.69, 9.17) is 4.74 Å². The second-order valence-corrected chi connectivity index (χ2v) is 8.53. The summed E-state index contributed by atoms with van der Waals surface area (Å²) in [5.41, 5.74) is 1.72. The molecule has 0 unspecified atom stereocenters. The first kappa shape index (κ1) is 24.2. The van der Waals surface area contributed by atoms with Crippen LogP contribution in [-0.2, 0) is 23.2 Å². The molecule has 2 N–H and O–H groups in total. The van der Waals surface area contributed by atoms with Crippen LogP contribution in [0.2, 0.25) is 0 Å². The van der Waals surface area contributed by atoms with Crippen LogP contribution < -0.4 is 15.4 Å². The van der Waals surface area contributed by atoms with Crippen LogP contribution in [-0.4, -0.2) is 38.9 Å². The molecule has 0 saturated heterocycles. The maximum atomic E-state index is 12.9. The third kappa shape index (κ3) is 7.31. The molecule has 0 radical (unpaired) electrons. The normalized spacial score (nSPS) is 10.8. The number of nitrogens with one attached hydrogen (secondary N) is 2. The fraction of sp³-hybridized carbons (Fsp3) is 0.304. The van der Waals surface area contributed by atoms with Crippen molar-refractivity contribution in [2.45, 2.75) is 31.5 Å². The molecule has 1 aromatic heterocycles. The van der Waals surface area contributed by atoms with Gasteiger partial charge in [-0.25, -0.2) is 4.39 Å². The van der Waals surface area contributed by atoms with Crippen LogP contribution in [0.25, 0.3) is 0 Å². The highest BCUT2D eigenvalue weighted by Gasteiger charge is 2.13. The Kier molecular flexibility index (Phi) is 8.42. The van der Waals surface area contributed by atoms with Crippen molar-refractivity contribution in [2.75, 3.05) is 17.7 Å².